The van der Waals surface area contributed by atoms with Crippen LogP contribution in [0, 0.1) is 0 Å². The molecule has 0 radical (unpaired) electrons. The number of halogens is 1. The van der Waals surface area contributed by atoms with Gasteiger partial charge in [0, 0.05) is 13.1 Å². The molecule has 2 rings (SSSR count). The molecular formula is C15H21BrN2O4. The molecule has 0 bridgehead atoms. The Kier molecular flexibility index (Phi) is 6.63. The largest absolute Gasteiger partial charge is 0.490 e. The molecule has 0 aromatic heterocycles. The van der Waals surface area contributed by atoms with Crippen LogP contribution in [0.25, 0.3) is 0 Å². The average Bonchev–Trinajstić information content (AvgIpc) is 3.01. The van der Waals surface area contributed by atoms with E-state index in [9.17, 15) is 9.90 Å². The summed E-state index contributed by atoms with van der Waals surface area (Å²) in [5.41, 5.74) is 5.51. The van der Waals surface area contributed by atoms with Gasteiger partial charge in [-0.25, -0.2) is 0 Å². The lowest BCUT2D eigenvalue weighted by molar-refractivity contribution is -0.132. The highest BCUT2D eigenvalue weighted by molar-refractivity contribution is 9.10. The monoisotopic (exact) mass is 372 g/mol. The molecule has 1 heterocycles. The third kappa shape index (κ3) is 4.95. The van der Waals surface area contributed by atoms with Crippen molar-refractivity contribution in [1.29, 1.82) is 0 Å². The third-order valence-corrected chi connectivity index (χ3v) is 4.10. The summed E-state index contributed by atoms with van der Waals surface area (Å²) in [7, 11) is 0. The highest BCUT2D eigenvalue weighted by Crippen LogP contribution is 2.23. The predicted molar refractivity (Wildman–Crippen MR) is 85.6 cm³/mol. The first kappa shape index (κ1) is 17.2. The molecule has 0 spiro atoms. The maximum absolute atomic E-state index is 11.9. The van der Waals surface area contributed by atoms with Gasteiger partial charge in [0.05, 0.1) is 10.6 Å². The van der Waals surface area contributed by atoms with Crippen molar-refractivity contribution < 1.29 is 19.4 Å². The Labute approximate surface area is 138 Å². The molecule has 122 valence electrons. The minimum Gasteiger partial charge on any atom is -0.490 e. The molecule has 1 amide bonds. The number of ether oxygens (including phenoxy) is 2. The Morgan fingerprint density at radius 1 is 1.50 bits per heavy atom. The van der Waals surface area contributed by atoms with E-state index in [-0.39, 0.29) is 25.2 Å². The van der Waals surface area contributed by atoms with Gasteiger partial charge in [0.15, 0.2) is 0 Å². The zero-order valence-electron chi connectivity index (χ0n) is 12.2. The fraction of sp³-hybridized carbons (Fsp3) is 0.533. The van der Waals surface area contributed by atoms with E-state index in [0.29, 0.717) is 18.7 Å². The molecular weight excluding hydrogens is 352 g/mol. The summed E-state index contributed by atoms with van der Waals surface area (Å²) in [6.07, 6.45) is 0.159. The fourth-order valence-electron chi connectivity index (χ4n) is 2.21. The number of benzene rings is 1. The number of amides is 1. The molecule has 1 aromatic rings. The quantitative estimate of drug-likeness (QED) is 0.658. The molecule has 3 atom stereocenters. The average molecular weight is 373 g/mol. The summed E-state index contributed by atoms with van der Waals surface area (Å²) in [5.74, 6) is 0.439. The second kappa shape index (κ2) is 8.47. The van der Waals surface area contributed by atoms with Crippen LogP contribution in [0.5, 0.6) is 5.75 Å². The van der Waals surface area contributed by atoms with Crippen LogP contribution in [0.2, 0.25) is 0 Å². The summed E-state index contributed by atoms with van der Waals surface area (Å²) < 4.78 is 11.8. The topological polar surface area (TPSA) is 93.8 Å². The smallest absolute Gasteiger partial charge is 0.249 e. The molecule has 0 saturated carbocycles. The Bertz CT molecular complexity index is 500. The van der Waals surface area contributed by atoms with Gasteiger partial charge in [0.25, 0.3) is 0 Å². The van der Waals surface area contributed by atoms with Crippen molar-refractivity contribution in [2.24, 2.45) is 5.73 Å². The van der Waals surface area contributed by atoms with Crippen LogP contribution in [0.1, 0.15) is 12.8 Å². The fourth-order valence-corrected chi connectivity index (χ4v) is 2.61. The number of carbonyl (C=O) groups is 1. The highest BCUT2D eigenvalue weighted by Gasteiger charge is 2.29. The van der Waals surface area contributed by atoms with Gasteiger partial charge in [-0.3, -0.25) is 4.79 Å². The lowest BCUT2D eigenvalue weighted by atomic mass is 10.2. The van der Waals surface area contributed by atoms with Crippen LogP contribution < -0.4 is 15.8 Å². The van der Waals surface area contributed by atoms with Crippen molar-refractivity contribution in [2.75, 3.05) is 19.7 Å². The second-order valence-corrected chi connectivity index (χ2v) is 6.05. The molecule has 1 aromatic carbocycles. The Hall–Kier alpha value is -1.15. The van der Waals surface area contributed by atoms with E-state index in [2.05, 4.69) is 21.2 Å². The van der Waals surface area contributed by atoms with Crippen LogP contribution in [0.15, 0.2) is 28.7 Å². The van der Waals surface area contributed by atoms with E-state index < -0.39 is 12.2 Å². The molecule has 1 saturated heterocycles. The Morgan fingerprint density at radius 2 is 2.27 bits per heavy atom. The van der Waals surface area contributed by atoms with Crippen molar-refractivity contribution in [1.82, 2.24) is 5.32 Å². The number of carbonyl (C=O) groups excluding carboxylic acids is 1. The second-order valence-electron chi connectivity index (χ2n) is 5.20. The van der Waals surface area contributed by atoms with Crippen molar-refractivity contribution >= 4 is 21.8 Å². The zero-order valence-corrected chi connectivity index (χ0v) is 13.8. The number of para-hydroxylation sites is 1. The van der Waals surface area contributed by atoms with Gasteiger partial charge in [-0.05, 0) is 40.9 Å². The Morgan fingerprint density at radius 3 is 2.95 bits per heavy atom. The summed E-state index contributed by atoms with van der Waals surface area (Å²) in [6.45, 7) is 0.641. The predicted octanol–water partition coefficient (Wildman–Crippen LogP) is 0.811. The minimum absolute atomic E-state index is 0.0422. The summed E-state index contributed by atoms with van der Waals surface area (Å²) in [5, 5.41) is 12.5. The molecule has 0 aliphatic carbocycles. The molecule has 1 fully saturated rings. The summed E-state index contributed by atoms with van der Waals surface area (Å²) in [4.78, 5) is 11.9. The van der Waals surface area contributed by atoms with Gasteiger partial charge >= 0.3 is 0 Å². The van der Waals surface area contributed by atoms with Crippen molar-refractivity contribution in [3.05, 3.63) is 28.7 Å². The van der Waals surface area contributed by atoms with Gasteiger partial charge in [0.2, 0.25) is 5.91 Å². The molecule has 22 heavy (non-hydrogen) atoms. The normalized spacial score (nSPS) is 22.3. The summed E-state index contributed by atoms with van der Waals surface area (Å²) >= 11 is 3.36. The van der Waals surface area contributed by atoms with E-state index >= 15 is 0 Å². The van der Waals surface area contributed by atoms with Crippen LogP contribution in [0.3, 0.4) is 0 Å². The first-order chi connectivity index (χ1) is 10.6. The standard InChI is InChI=1S/C15H21BrN2O4/c16-12-3-1-2-4-13(12)21-9-10(19)8-18-15(20)14-6-5-11(7-17)22-14/h1-4,10-11,14,19H,5-9,17H2,(H,18,20)/t10?,11-,14+/m1/s1. The number of rotatable bonds is 7. The van der Waals surface area contributed by atoms with E-state index in [4.69, 9.17) is 15.2 Å². The van der Waals surface area contributed by atoms with E-state index in [1.54, 1.807) is 6.07 Å². The lowest BCUT2D eigenvalue weighted by Gasteiger charge is -2.16. The zero-order chi connectivity index (χ0) is 15.9. The van der Waals surface area contributed by atoms with E-state index in [1.807, 2.05) is 18.2 Å². The van der Waals surface area contributed by atoms with Crippen molar-refractivity contribution in [2.45, 2.75) is 31.2 Å². The van der Waals surface area contributed by atoms with E-state index in [1.165, 1.54) is 0 Å². The van der Waals surface area contributed by atoms with Gasteiger partial charge < -0.3 is 25.6 Å². The molecule has 6 nitrogen and oxygen atoms in total. The SMILES string of the molecule is NC[C@H]1CC[C@@H](C(=O)NCC(O)COc2ccccc2Br)O1. The van der Waals surface area contributed by atoms with Gasteiger partial charge in [-0.2, -0.15) is 0 Å². The van der Waals surface area contributed by atoms with Crippen LogP contribution >= 0.6 is 15.9 Å². The number of hydrogen-bond acceptors (Lipinski definition) is 5. The number of aliphatic hydroxyl groups excluding tert-OH is 1. The molecule has 7 heteroatoms. The molecule has 1 aliphatic heterocycles. The number of aliphatic hydroxyl groups is 1. The number of hydrogen-bond donors (Lipinski definition) is 3. The van der Waals surface area contributed by atoms with Gasteiger partial charge in [0.1, 0.15) is 24.6 Å². The van der Waals surface area contributed by atoms with E-state index in [0.717, 1.165) is 10.9 Å². The van der Waals surface area contributed by atoms with Gasteiger partial charge in [-0.15, -0.1) is 0 Å². The minimum atomic E-state index is -0.789. The highest BCUT2D eigenvalue weighted by atomic mass is 79.9. The maximum Gasteiger partial charge on any atom is 0.249 e. The van der Waals surface area contributed by atoms with Crippen LogP contribution in [-0.2, 0) is 9.53 Å². The third-order valence-electron chi connectivity index (χ3n) is 3.44. The number of nitrogens with two attached hydrogens (primary N) is 1. The molecule has 1 aliphatic rings. The molecule has 1 unspecified atom stereocenters. The van der Waals surface area contributed by atoms with Crippen LogP contribution in [0.4, 0.5) is 0 Å². The lowest BCUT2D eigenvalue weighted by Crippen LogP contribution is -2.41. The first-order valence-corrected chi connectivity index (χ1v) is 8.08. The van der Waals surface area contributed by atoms with Crippen molar-refractivity contribution in [3.8, 4) is 5.75 Å². The van der Waals surface area contributed by atoms with Crippen LogP contribution in [-0.4, -0.2) is 49.0 Å². The number of nitrogens with one attached hydrogen (secondary N) is 1. The van der Waals surface area contributed by atoms with Gasteiger partial charge in [-0.1, -0.05) is 12.1 Å². The first-order valence-electron chi connectivity index (χ1n) is 7.28. The maximum atomic E-state index is 11.9. The summed E-state index contributed by atoms with van der Waals surface area (Å²) in [6, 6.07) is 7.38. The molecule has 4 N–H and O–H groups in total. The Balaban J connectivity index is 1.68. The van der Waals surface area contributed by atoms with Crippen molar-refractivity contribution in [3.63, 3.8) is 0 Å².